The topological polar surface area (TPSA) is 66.0 Å². The fourth-order valence-electron chi connectivity index (χ4n) is 4.04. The second-order valence-corrected chi connectivity index (χ2v) is 8.52. The number of aromatic nitrogens is 3. The predicted molar refractivity (Wildman–Crippen MR) is 132 cm³/mol. The van der Waals surface area contributed by atoms with Gasteiger partial charge in [0.25, 0.3) is 0 Å². The number of halogens is 1. The van der Waals surface area contributed by atoms with Crippen LogP contribution >= 0.6 is 11.6 Å². The molecule has 1 aliphatic rings. The Hall–Kier alpha value is -3.38. The maximum absolute atomic E-state index is 6.11. The molecule has 32 heavy (non-hydrogen) atoms. The van der Waals surface area contributed by atoms with Crippen molar-refractivity contribution in [1.29, 1.82) is 0 Å². The molecule has 0 unspecified atom stereocenters. The van der Waals surface area contributed by atoms with E-state index in [4.69, 9.17) is 16.6 Å². The molecule has 1 saturated heterocycles. The monoisotopic (exact) mass is 444 g/mol. The van der Waals surface area contributed by atoms with Gasteiger partial charge in [-0.1, -0.05) is 23.7 Å². The lowest BCUT2D eigenvalue weighted by molar-refractivity contribution is 0.887. The molecule has 162 valence electrons. The smallest absolute Gasteiger partial charge is 0.227 e. The van der Waals surface area contributed by atoms with Crippen LogP contribution < -0.4 is 15.5 Å². The molecule has 2 aromatic heterocycles. The van der Waals surface area contributed by atoms with Gasteiger partial charge in [0.15, 0.2) is 0 Å². The molecule has 3 heterocycles. The lowest BCUT2D eigenvalue weighted by Gasteiger charge is -2.17. The molecule has 0 atom stereocenters. The summed E-state index contributed by atoms with van der Waals surface area (Å²) in [5.74, 6) is 1.68. The minimum Gasteiger partial charge on any atom is -0.366 e. The Kier molecular flexibility index (Phi) is 5.77. The Balaban J connectivity index is 1.31. The average molecular weight is 445 g/mol. The molecule has 2 aromatic carbocycles. The number of nitrogens with one attached hydrogen (secondary N) is 2. The number of benzene rings is 2. The first kappa shape index (κ1) is 20.5. The number of anilines is 4. The Bertz CT molecular complexity index is 1250. The van der Waals surface area contributed by atoms with E-state index in [0.29, 0.717) is 11.6 Å². The molecule has 4 aromatic rings. The summed E-state index contributed by atoms with van der Waals surface area (Å²) >= 11 is 6.11. The second kappa shape index (κ2) is 9.01. The largest absolute Gasteiger partial charge is 0.366 e. The van der Waals surface area contributed by atoms with Gasteiger partial charge in [0.2, 0.25) is 5.95 Å². The summed E-state index contributed by atoms with van der Waals surface area (Å²) in [6.07, 6.45) is 4.21. The quantitative estimate of drug-likeness (QED) is 0.383. The Morgan fingerprint density at radius 1 is 1.00 bits per heavy atom. The van der Waals surface area contributed by atoms with Gasteiger partial charge >= 0.3 is 0 Å². The molecule has 1 aliphatic heterocycles. The average Bonchev–Trinajstić information content (AvgIpc) is 3.33. The van der Waals surface area contributed by atoms with Crippen LogP contribution in [0.2, 0.25) is 5.02 Å². The number of rotatable bonds is 6. The summed E-state index contributed by atoms with van der Waals surface area (Å²) in [5, 5.41) is 8.70. The van der Waals surface area contributed by atoms with Gasteiger partial charge in [-0.3, -0.25) is 4.98 Å². The van der Waals surface area contributed by atoms with Crippen molar-refractivity contribution in [3.05, 3.63) is 77.1 Å². The highest BCUT2D eigenvalue weighted by atomic mass is 35.5. The SMILES string of the molecule is Cc1cc(NCc2cccc(Nc3ccnc4cc(Cl)ccc34)c2)nc(N2CCCC2)n1. The van der Waals surface area contributed by atoms with Crippen LogP contribution in [0.25, 0.3) is 10.9 Å². The molecule has 0 radical (unpaired) electrons. The number of pyridine rings is 1. The van der Waals surface area contributed by atoms with E-state index < -0.39 is 0 Å². The zero-order chi connectivity index (χ0) is 21.9. The predicted octanol–water partition coefficient (Wildman–Crippen LogP) is 5.94. The molecular formula is C25H25ClN6. The number of hydrogen-bond donors (Lipinski definition) is 2. The Morgan fingerprint density at radius 2 is 1.88 bits per heavy atom. The van der Waals surface area contributed by atoms with Gasteiger partial charge in [0, 0.05) is 59.4 Å². The van der Waals surface area contributed by atoms with E-state index in [-0.39, 0.29) is 0 Å². The minimum atomic E-state index is 0.679. The third-order valence-electron chi connectivity index (χ3n) is 5.62. The van der Waals surface area contributed by atoms with Crippen LogP contribution in [0, 0.1) is 6.92 Å². The second-order valence-electron chi connectivity index (χ2n) is 8.09. The number of fused-ring (bicyclic) bond motifs is 1. The minimum absolute atomic E-state index is 0.679. The van der Waals surface area contributed by atoms with E-state index in [1.165, 1.54) is 12.8 Å². The van der Waals surface area contributed by atoms with Crippen LogP contribution in [0.4, 0.5) is 23.1 Å². The van der Waals surface area contributed by atoms with Crippen LogP contribution in [0.1, 0.15) is 24.1 Å². The first-order valence-electron chi connectivity index (χ1n) is 10.9. The molecule has 6 nitrogen and oxygen atoms in total. The summed E-state index contributed by atoms with van der Waals surface area (Å²) in [6, 6.07) is 18.1. The van der Waals surface area contributed by atoms with Crippen molar-refractivity contribution in [2.75, 3.05) is 28.6 Å². The van der Waals surface area contributed by atoms with Crippen molar-refractivity contribution in [3.8, 4) is 0 Å². The molecule has 7 heteroatoms. The zero-order valence-electron chi connectivity index (χ0n) is 18.0. The van der Waals surface area contributed by atoms with Crippen LogP contribution in [-0.2, 0) is 6.54 Å². The van der Waals surface area contributed by atoms with E-state index in [1.54, 1.807) is 6.20 Å². The van der Waals surface area contributed by atoms with Crippen molar-refractivity contribution in [1.82, 2.24) is 15.0 Å². The maximum atomic E-state index is 6.11. The van der Waals surface area contributed by atoms with Gasteiger partial charge in [-0.05, 0) is 61.7 Å². The maximum Gasteiger partial charge on any atom is 0.227 e. The lowest BCUT2D eigenvalue weighted by Crippen LogP contribution is -2.21. The molecule has 0 aliphatic carbocycles. The zero-order valence-corrected chi connectivity index (χ0v) is 18.7. The lowest BCUT2D eigenvalue weighted by atomic mass is 10.1. The van der Waals surface area contributed by atoms with Crippen LogP contribution in [-0.4, -0.2) is 28.0 Å². The van der Waals surface area contributed by atoms with Gasteiger partial charge in [-0.15, -0.1) is 0 Å². The summed E-state index contributed by atoms with van der Waals surface area (Å²) in [6.45, 7) is 4.76. The number of hydrogen-bond acceptors (Lipinski definition) is 6. The van der Waals surface area contributed by atoms with Gasteiger partial charge in [0.05, 0.1) is 5.52 Å². The van der Waals surface area contributed by atoms with Crippen molar-refractivity contribution >= 4 is 45.6 Å². The third kappa shape index (κ3) is 4.60. The first-order valence-corrected chi connectivity index (χ1v) is 11.3. The molecule has 1 fully saturated rings. The summed E-state index contributed by atoms with van der Waals surface area (Å²) in [4.78, 5) is 16.0. The van der Waals surface area contributed by atoms with E-state index in [0.717, 1.165) is 58.4 Å². The third-order valence-corrected chi connectivity index (χ3v) is 5.85. The highest BCUT2D eigenvalue weighted by Crippen LogP contribution is 2.27. The summed E-state index contributed by atoms with van der Waals surface area (Å²) < 4.78 is 0. The fraction of sp³-hybridized carbons (Fsp3) is 0.240. The number of nitrogens with zero attached hydrogens (tertiary/aromatic N) is 4. The van der Waals surface area contributed by atoms with Crippen LogP contribution in [0.5, 0.6) is 0 Å². The summed E-state index contributed by atoms with van der Waals surface area (Å²) in [5.41, 5.74) is 5.02. The van der Waals surface area contributed by atoms with Crippen LogP contribution in [0.15, 0.2) is 60.8 Å². The van der Waals surface area contributed by atoms with E-state index in [9.17, 15) is 0 Å². The van der Waals surface area contributed by atoms with Gasteiger partial charge in [-0.2, -0.15) is 4.98 Å². The normalized spacial score (nSPS) is 13.5. The van der Waals surface area contributed by atoms with Gasteiger partial charge < -0.3 is 15.5 Å². The van der Waals surface area contributed by atoms with Crippen molar-refractivity contribution in [3.63, 3.8) is 0 Å². The molecule has 0 bridgehead atoms. The van der Waals surface area contributed by atoms with Crippen molar-refractivity contribution in [2.24, 2.45) is 0 Å². The van der Waals surface area contributed by atoms with E-state index in [2.05, 4.69) is 49.8 Å². The molecule has 2 N–H and O–H groups in total. The first-order chi connectivity index (χ1) is 15.6. The van der Waals surface area contributed by atoms with Gasteiger partial charge in [0.1, 0.15) is 5.82 Å². The molecule has 0 amide bonds. The standard InChI is InChI=1S/C25H25ClN6/c1-17-13-24(31-25(29-17)32-11-2-3-12-32)28-16-18-5-4-6-20(14-18)30-22-9-10-27-23-15-19(26)7-8-21(22)23/h4-10,13-15H,2-3,11-12,16H2,1H3,(H,27,30)(H,28,29,31). The number of aryl methyl sites for hydroxylation is 1. The van der Waals surface area contributed by atoms with Crippen molar-refractivity contribution in [2.45, 2.75) is 26.3 Å². The highest BCUT2D eigenvalue weighted by molar-refractivity contribution is 6.31. The molecule has 0 spiro atoms. The van der Waals surface area contributed by atoms with Crippen LogP contribution in [0.3, 0.4) is 0 Å². The highest BCUT2D eigenvalue weighted by Gasteiger charge is 2.16. The van der Waals surface area contributed by atoms with E-state index >= 15 is 0 Å². The molecule has 5 rings (SSSR count). The Labute approximate surface area is 192 Å². The fourth-order valence-corrected chi connectivity index (χ4v) is 4.21. The van der Waals surface area contributed by atoms with Gasteiger partial charge in [-0.25, -0.2) is 4.98 Å². The summed E-state index contributed by atoms with van der Waals surface area (Å²) in [7, 11) is 0. The van der Waals surface area contributed by atoms with E-state index in [1.807, 2.05) is 37.3 Å². The Morgan fingerprint density at radius 3 is 2.75 bits per heavy atom. The molecule has 0 saturated carbocycles. The molecular weight excluding hydrogens is 420 g/mol. The van der Waals surface area contributed by atoms with Crippen molar-refractivity contribution < 1.29 is 0 Å².